The van der Waals surface area contributed by atoms with Crippen LogP contribution in [-0.2, 0) is 6.18 Å². The normalized spacial score (nSPS) is 16.1. The first kappa shape index (κ1) is 23.5. The number of hydrogen-bond donors (Lipinski definition) is 0. The van der Waals surface area contributed by atoms with Gasteiger partial charge >= 0.3 is 6.18 Å². The molecule has 3 aromatic rings. The molecule has 5 rings (SSSR count). The molecule has 0 fully saturated rings. The van der Waals surface area contributed by atoms with Crippen molar-refractivity contribution in [3.05, 3.63) is 87.7 Å². The Labute approximate surface area is 204 Å². The third kappa shape index (κ3) is 3.70. The molecule has 3 nitrogen and oxygen atoms in total. The van der Waals surface area contributed by atoms with Crippen molar-refractivity contribution in [3.8, 4) is 0 Å². The summed E-state index contributed by atoms with van der Waals surface area (Å²) in [5.74, 6) is 0. The Morgan fingerprint density at radius 3 is 1.37 bits per heavy atom. The first-order chi connectivity index (χ1) is 16.5. The molecule has 0 saturated heterocycles. The fraction of sp³-hybridized carbons (Fsp3) is 0.345. The SMILES string of the molecule is CC1=[N+](c2c(C)cccc2C)CC2C[N+](c3c(C)cccc3C)=C(C)c3cc(C(F)(F)F)cc1[n+]32. The number of hydrogen-bond acceptors (Lipinski definition) is 0. The van der Waals surface area contributed by atoms with Gasteiger partial charge in [-0.25, -0.2) is 0 Å². The van der Waals surface area contributed by atoms with E-state index in [4.69, 9.17) is 0 Å². The molecule has 180 valence electrons. The minimum Gasteiger partial charge on any atom is -0.183 e. The highest BCUT2D eigenvalue weighted by molar-refractivity contribution is 5.96. The van der Waals surface area contributed by atoms with E-state index in [1.807, 2.05) is 26.0 Å². The average molecular weight is 479 g/mol. The molecule has 0 unspecified atom stereocenters. The van der Waals surface area contributed by atoms with Crippen LogP contribution in [0.1, 0.15) is 59.1 Å². The van der Waals surface area contributed by atoms with Crippen LogP contribution in [0.25, 0.3) is 0 Å². The van der Waals surface area contributed by atoms with Crippen molar-refractivity contribution in [3.63, 3.8) is 0 Å². The predicted molar refractivity (Wildman–Crippen MR) is 132 cm³/mol. The zero-order chi connectivity index (χ0) is 25.2. The van der Waals surface area contributed by atoms with Crippen LogP contribution in [0.2, 0.25) is 0 Å². The maximum absolute atomic E-state index is 14.1. The number of pyridine rings is 1. The van der Waals surface area contributed by atoms with Gasteiger partial charge in [0.05, 0.1) is 5.56 Å². The predicted octanol–water partition coefficient (Wildman–Crippen LogP) is 6.10. The summed E-state index contributed by atoms with van der Waals surface area (Å²) in [6.45, 7) is 13.5. The van der Waals surface area contributed by atoms with Crippen LogP contribution in [0, 0.1) is 27.7 Å². The van der Waals surface area contributed by atoms with E-state index in [9.17, 15) is 13.2 Å². The molecular formula is C29H31F3N3+3. The molecule has 0 aliphatic carbocycles. The fourth-order valence-corrected chi connectivity index (χ4v) is 5.89. The third-order valence-corrected chi connectivity index (χ3v) is 7.55. The van der Waals surface area contributed by atoms with Gasteiger partial charge in [0.25, 0.3) is 28.9 Å². The number of benzene rings is 2. The Bertz CT molecular complexity index is 1310. The monoisotopic (exact) mass is 478 g/mol. The fourth-order valence-electron chi connectivity index (χ4n) is 5.89. The maximum Gasteiger partial charge on any atom is 0.416 e. The molecule has 6 heteroatoms. The van der Waals surface area contributed by atoms with E-state index in [-0.39, 0.29) is 6.04 Å². The number of alkyl halides is 3. The molecule has 0 N–H and O–H groups in total. The quantitative estimate of drug-likeness (QED) is 0.394. The number of rotatable bonds is 2. The minimum absolute atomic E-state index is 0.00676. The summed E-state index contributed by atoms with van der Waals surface area (Å²) in [7, 11) is 0. The summed E-state index contributed by atoms with van der Waals surface area (Å²) < 4.78 is 48.8. The van der Waals surface area contributed by atoms with Gasteiger partial charge in [-0.3, -0.25) is 0 Å². The van der Waals surface area contributed by atoms with E-state index in [0.717, 1.165) is 45.1 Å². The number of nitrogens with zero attached hydrogens (tertiary/aromatic N) is 3. The molecule has 1 aromatic heterocycles. The zero-order valence-electron chi connectivity index (χ0n) is 21.1. The van der Waals surface area contributed by atoms with Crippen LogP contribution < -0.4 is 4.57 Å². The molecule has 0 spiro atoms. The van der Waals surface area contributed by atoms with Crippen molar-refractivity contribution < 1.29 is 26.9 Å². The highest BCUT2D eigenvalue weighted by atomic mass is 19.4. The Morgan fingerprint density at radius 1 is 0.657 bits per heavy atom. The van der Waals surface area contributed by atoms with Crippen LogP contribution in [0.4, 0.5) is 24.5 Å². The van der Waals surface area contributed by atoms with Crippen molar-refractivity contribution in [1.29, 1.82) is 0 Å². The van der Waals surface area contributed by atoms with Gasteiger partial charge < -0.3 is 0 Å². The van der Waals surface area contributed by atoms with Crippen LogP contribution in [-0.4, -0.2) is 33.7 Å². The minimum atomic E-state index is -4.43. The van der Waals surface area contributed by atoms with Gasteiger partial charge in [0.2, 0.25) is 24.5 Å². The lowest BCUT2D eigenvalue weighted by Crippen LogP contribution is -2.62. The lowest BCUT2D eigenvalue weighted by atomic mass is 9.97. The largest absolute Gasteiger partial charge is 0.416 e. The van der Waals surface area contributed by atoms with Gasteiger partial charge in [0, 0.05) is 48.2 Å². The standard InChI is InChI=1S/C29H31F3N3/c1-17-9-7-10-18(2)27(17)33-15-24-16-34(28-19(3)11-8-12-20(28)4)22(6)26-14-23(29(30,31)32)13-25(21(33)5)35(24)26/h7-14,24H,15-16H2,1-6H3/q+3. The van der Waals surface area contributed by atoms with Crippen LogP contribution in [0.3, 0.4) is 0 Å². The van der Waals surface area contributed by atoms with Gasteiger partial charge in [-0.2, -0.15) is 26.9 Å². The van der Waals surface area contributed by atoms with Crippen LogP contribution in [0.15, 0.2) is 48.5 Å². The maximum atomic E-state index is 14.1. The van der Waals surface area contributed by atoms with Crippen molar-refractivity contribution in [2.24, 2.45) is 0 Å². The van der Waals surface area contributed by atoms with Gasteiger partial charge in [-0.05, 0) is 27.7 Å². The van der Waals surface area contributed by atoms with Crippen LogP contribution >= 0.6 is 0 Å². The molecule has 2 aromatic carbocycles. The first-order valence-electron chi connectivity index (χ1n) is 12.0. The Hall–Kier alpha value is -3.28. The Morgan fingerprint density at radius 2 is 1.03 bits per heavy atom. The van der Waals surface area contributed by atoms with Crippen LogP contribution in [0.5, 0.6) is 0 Å². The molecule has 0 radical (unpaired) electrons. The van der Waals surface area contributed by atoms with E-state index in [1.54, 1.807) is 0 Å². The molecule has 0 saturated carbocycles. The summed E-state index contributed by atoms with van der Waals surface area (Å²) in [6.07, 6.45) is -4.43. The number of aromatic nitrogens is 1. The number of aryl methyl sites for hydroxylation is 4. The van der Waals surface area contributed by atoms with E-state index >= 15 is 0 Å². The highest BCUT2D eigenvalue weighted by Crippen LogP contribution is 2.35. The van der Waals surface area contributed by atoms with E-state index < -0.39 is 11.7 Å². The molecule has 3 heterocycles. The summed E-state index contributed by atoms with van der Waals surface area (Å²) >= 11 is 0. The molecule has 2 aliphatic heterocycles. The van der Waals surface area contributed by atoms with Gasteiger partial charge in [0.15, 0.2) is 0 Å². The lowest BCUT2D eigenvalue weighted by Gasteiger charge is -2.26. The number of halogens is 3. The van der Waals surface area contributed by atoms with Gasteiger partial charge in [-0.15, -0.1) is 0 Å². The second-order valence-corrected chi connectivity index (χ2v) is 9.91. The molecule has 0 amide bonds. The summed E-state index contributed by atoms with van der Waals surface area (Å²) in [6, 6.07) is 15.0. The highest BCUT2D eigenvalue weighted by Gasteiger charge is 2.50. The van der Waals surface area contributed by atoms with Crippen molar-refractivity contribution in [2.75, 3.05) is 13.1 Å². The molecular weight excluding hydrogens is 447 g/mol. The molecule has 2 aliphatic rings. The first-order valence-corrected chi connectivity index (χ1v) is 12.0. The van der Waals surface area contributed by atoms with Crippen molar-refractivity contribution in [2.45, 2.75) is 53.8 Å². The van der Waals surface area contributed by atoms with E-state index in [0.29, 0.717) is 24.5 Å². The second kappa shape index (κ2) is 8.14. The summed E-state index contributed by atoms with van der Waals surface area (Å²) in [4.78, 5) is 0. The molecule has 0 bridgehead atoms. The van der Waals surface area contributed by atoms with E-state index in [1.165, 1.54) is 12.1 Å². The van der Waals surface area contributed by atoms with E-state index in [2.05, 4.69) is 65.7 Å². The van der Waals surface area contributed by atoms with Gasteiger partial charge in [0.1, 0.15) is 0 Å². The molecule has 0 atom stereocenters. The zero-order valence-corrected chi connectivity index (χ0v) is 21.1. The van der Waals surface area contributed by atoms with Crippen molar-refractivity contribution >= 4 is 22.8 Å². The topological polar surface area (TPSA) is 9.90 Å². The average Bonchev–Trinajstić information content (AvgIpc) is 2.78. The second-order valence-electron chi connectivity index (χ2n) is 9.91. The van der Waals surface area contributed by atoms with Gasteiger partial charge in [-0.1, -0.05) is 36.4 Å². The smallest absolute Gasteiger partial charge is 0.183 e. The Balaban J connectivity index is 1.82. The summed E-state index contributed by atoms with van der Waals surface area (Å²) in [5, 5.41) is 0. The summed E-state index contributed by atoms with van der Waals surface area (Å²) in [5.41, 5.74) is 9.00. The third-order valence-electron chi connectivity index (χ3n) is 7.55. The van der Waals surface area contributed by atoms with Crippen molar-refractivity contribution in [1.82, 2.24) is 0 Å². The molecule has 35 heavy (non-hydrogen) atoms. The Kier molecular flexibility index (Phi) is 5.46. The number of para-hydroxylation sites is 2. The lowest BCUT2D eigenvalue weighted by molar-refractivity contribution is -0.781.